The van der Waals surface area contributed by atoms with E-state index >= 15 is 0 Å². The molecular weight excluding hydrogens is 272 g/mol. The fraction of sp³-hybridized carbons (Fsp3) is 0.467. The number of hydrogen-bond acceptors (Lipinski definition) is 5. The van der Waals surface area contributed by atoms with Crippen molar-refractivity contribution in [1.82, 2.24) is 0 Å². The summed E-state index contributed by atoms with van der Waals surface area (Å²) in [7, 11) is 0. The molecule has 0 unspecified atom stereocenters. The summed E-state index contributed by atoms with van der Waals surface area (Å²) in [6.07, 6.45) is 2.80. The first-order chi connectivity index (χ1) is 10.0. The first-order valence-corrected chi connectivity index (χ1v) is 7.02. The van der Waals surface area contributed by atoms with Crippen LogP contribution in [0.3, 0.4) is 0 Å². The summed E-state index contributed by atoms with van der Waals surface area (Å²) in [5, 5.41) is 0. The number of amides is 1. The van der Waals surface area contributed by atoms with E-state index in [0.717, 1.165) is 19.3 Å². The molecule has 1 aromatic carbocycles. The Balaban J connectivity index is 2.30. The van der Waals surface area contributed by atoms with Crippen LogP contribution in [0.25, 0.3) is 0 Å². The molecule has 21 heavy (non-hydrogen) atoms. The molecule has 0 aromatic heterocycles. The van der Waals surface area contributed by atoms with Crippen molar-refractivity contribution in [2.75, 3.05) is 18.9 Å². The van der Waals surface area contributed by atoms with Crippen LogP contribution in [0.15, 0.2) is 18.2 Å². The minimum absolute atomic E-state index is 0.173. The van der Waals surface area contributed by atoms with Crippen molar-refractivity contribution in [3.8, 4) is 5.75 Å². The second-order valence-electron chi connectivity index (χ2n) is 4.58. The van der Waals surface area contributed by atoms with Gasteiger partial charge in [0.2, 0.25) is 0 Å². The SMILES string of the molecule is CCOC(=O)CCCCCOc1ccc(N)cc1C(N)=O. The third kappa shape index (κ3) is 6.16. The van der Waals surface area contributed by atoms with Crippen molar-refractivity contribution in [1.29, 1.82) is 0 Å². The van der Waals surface area contributed by atoms with E-state index < -0.39 is 5.91 Å². The van der Waals surface area contributed by atoms with Crippen LogP contribution in [-0.2, 0) is 9.53 Å². The molecule has 0 aliphatic carbocycles. The molecule has 6 nitrogen and oxygen atoms in total. The molecule has 1 amide bonds. The van der Waals surface area contributed by atoms with Gasteiger partial charge in [0.15, 0.2) is 0 Å². The van der Waals surface area contributed by atoms with Gasteiger partial charge in [-0.25, -0.2) is 0 Å². The van der Waals surface area contributed by atoms with Gasteiger partial charge in [0.05, 0.1) is 18.8 Å². The fourth-order valence-corrected chi connectivity index (χ4v) is 1.83. The summed E-state index contributed by atoms with van der Waals surface area (Å²) in [5.74, 6) is -0.310. The molecule has 0 fully saturated rings. The van der Waals surface area contributed by atoms with Crippen molar-refractivity contribution in [3.05, 3.63) is 23.8 Å². The van der Waals surface area contributed by atoms with Crippen molar-refractivity contribution in [2.45, 2.75) is 32.6 Å². The molecule has 0 aliphatic rings. The first kappa shape index (κ1) is 16.8. The molecule has 0 atom stereocenters. The third-order valence-corrected chi connectivity index (χ3v) is 2.86. The van der Waals surface area contributed by atoms with Crippen LogP contribution in [0.1, 0.15) is 43.0 Å². The highest BCUT2D eigenvalue weighted by atomic mass is 16.5. The minimum Gasteiger partial charge on any atom is -0.493 e. The molecule has 0 saturated heterocycles. The summed E-state index contributed by atoms with van der Waals surface area (Å²) in [4.78, 5) is 22.4. The Morgan fingerprint density at radius 3 is 2.62 bits per heavy atom. The molecule has 0 spiro atoms. The molecule has 6 heteroatoms. The molecule has 0 aliphatic heterocycles. The van der Waals surface area contributed by atoms with Crippen LogP contribution in [-0.4, -0.2) is 25.1 Å². The normalized spacial score (nSPS) is 10.1. The summed E-state index contributed by atoms with van der Waals surface area (Å²) in [6.45, 7) is 2.65. The van der Waals surface area contributed by atoms with E-state index in [0.29, 0.717) is 31.1 Å². The number of hydrogen-bond donors (Lipinski definition) is 2. The molecule has 4 N–H and O–H groups in total. The van der Waals surface area contributed by atoms with Gasteiger partial charge in [-0.1, -0.05) is 0 Å². The number of ether oxygens (including phenoxy) is 2. The number of primary amides is 1. The predicted molar refractivity (Wildman–Crippen MR) is 80.0 cm³/mol. The Labute approximate surface area is 124 Å². The van der Waals surface area contributed by atoms with Gasteiger partial charge < -0.3 is 20.9 Å². The quantitative estimate of drug-likeness (QED) is 0.411. The number of nitrogens with two attached hydrogens (primary N) is 2. The maximum Gasteiger partial charge on any atom is 0.305 e. The number of rotatable bonds is 9. The van der Waals surface area contributed by atoms with E-state index in [4.69, 9.17) is 20.9 Å². The second kappa shape index (κ2) is 8.84. The molecular formula is C15H22N2O4. The van der Waals surface area contributed by atoms with Crippen LogP contribution in [0.5, 0.6) is 5.75 Å². The number of carbonyl (C=O) groups is 2. The Morgan fingerprint density at radius 2 is 1.95 bits per heavy atom. The van der Waals surface area contributed by atoms with Crippen LogP contribution in [0.2, 0.25) is 0 Å². The number of nitrogen functional groups attached to an aromatic ring is 1. The summed E-state index contributed by atoms with van der Waals surface area (Å²) in [5.41, 5.74) is 11.6. The molecule has 0 saturated carbocycles. The topological polar surface area (TPSA) is 105 Å². The highest BCUT2D eigenvalue weighted by Crippen LogP contribution is 2.21. The molecule has 0 heterocycles. The van der Waals surface area contributed by atoms with Crippen LogP contribution < -0.4 is 16.2 Å². The molecule has 1 rings (SSSR count). The van der Waals surface area contributed by atoms with Gasteiger partial charge in [-0.05, 0) is 44.4 Å². The number of benzene rings is 1. The van der Waals surface area contributed by atoms with E-state index in [-0.39, 0.29) is 11.5 Å². The van der Waals surface area contributed by atoms with Gasteiger partial charge >= 0.3 is 5.97 Å². The minimum atomic E-state index is -0.570. The first-order valence-electron chi connectivity index (χ1n) is 7.02. The monoisotopic (exact) mass is 294 g/mol. The zero-order chi connectivity index (χ0) is 15.7. The number of esters is 1. The van der Waals surface area contributed by atoms with E-state index in [2.05, 4.69) is 0 Å². The lowest BCUT2D eigenvalue weighted by molar-refractivity contribution is -0.143. The lowest BCUT2D eigenvalue weighted by Crippen LogP contribution is -2.14. The van der Waals surface area contributed by atoms with Crippen molar-refractivity contribution in [3.63, 3.8) is 0 Å². The third-order valence-electron chi connectivity index (χ3n) is 2.86. The van der Waals surface area contributed by atoms with Crippen LogP contribution in [0, 0.1) is 0 Å². The fourth-order valence-electron chi connectivity index (χ4n) is 1.83. The maximum atomic E-state index is 11.3. The maximum absolute atomic E-state index is 11.3. The predicted octanol–water partition coefficient (Wildman–Crippen LogP) is 1.87. The lowest BCUT2D eigenvalue weighted by Gasteiger charge is -2.10. The average Bonchev–Trinajstić information content (AvgIpc) is 2.44. The Bertz CT molecular complexity index is 489. The zero-order valence-electron chi connectivity index (χ0n) is 12.3. The van der Waals surface area contributed by atoms with Crippen LogP contribution >= 0.6 is 0 Å². The smallest absolute Gasteiger partial charge is 0.305 e. The van der Waals surface area contributed by atoms with Gasteiger partial charge in [-0.15, -0.1) is 0 Å². The highest BCUT2D eigenvalue weighted by molar-refractivity contribution is 5.96. The van der Waals surface area contributed by atoms with Gasteiger partial charge in [-0.3, -0.25) is 9.59 Å². The summed E-state index contributed by atoms with van der Waals surface area (Å²) < 4.78 is 10.4. The molecule has 0 bridgehead atoms. The van der Waals surface area contributed by atoms with Crippen molar-refractivity contribution < 1.29 is 19.1 Å². The van der Waals surface area contributed by atoms with E-state index in [1.807, 2.05) is 0 Å². The van der Waals surface area contributed by atoms with Crippen molar-refractivity contribution >= 4 is 17.6 Å². The van der Waals surface area contributed by atoms with Gasteiger partial charge in [0.1, 0.15) is 5.75 Å². The average molecular weight is 294 g/mol. The van der Waals surface area contributed by atoms with E-state index in [9.17, 15) is 9.59 Å². The standard InChI is InChI=1S/C15H22N2O4/c1-2-20-14(18)6-4-3-5-9-21-13-8-7-11(16)10-12(13)15(17)19/h7-8,10H,2-6,9,16H2,1H3,(H2,17,19). The lowest BCUT2D eigenvalue weighted by atomic mass is 10.1. The second-order valence-corrected chi connectivity index (χ2v) is 4.58. The molecule has 0 radical (unpaired) electrons. The van der Waals surface area contributed by atoms with Crippen LogP contribution in [0.4, 0.5) is 5.69 Å². The Morgan fingerprint density at radius 1 is 1.19 bits per heavy atom. The van der Waals surface area contributed by atoms with E-state index in [1.165, 1.54) is 6.07 Å². The van der Waals surface area contributed by atoms with Gasteiger partial charge in [0, 0.05) is 12.1 Å². The highest BCUT2D eigenvalue weighted by Gasteiger charge is 2.09. The van der Waals surface area contributed by atoms with E-state index in [1.54, 1.807) is 19.1 Å². The largest absolute Gasteiger partial charge is 0.493 e. The Hall–Kier alpha value is -2.24. The summed E-state index contributed by atoms with van der Waals surface area (Å²) in [6, 6.07) is 4.79. The number of carbonyl (C=O) groups excluding carboxylic acids is 2. The van der Waals surface area contributed by atoms with Gasteiger partial charge in [-0.2, -0.15) is 0 Å². The summed E-state index contributed by atoms with van der Waals surface area (Å²) >= 11 is 0. The molecule has 116 valence electrons. The van der Waals surface area contributed by atoms with Crippen molar-refractivity contribution in [2.24, 2.45) is 5.73 Å². The Kier molecular flexibility index (Phi) is 7.08. The van der Waals surface area contributed by atoms with Gasteiger partial charge in [0.25, 0.3) is 5.91 Å². The number of anilines is 1. The molecule has 1 aromatic rings. The number of unbranched alkanes of at least 4 members (excludes halogenated alkanes) is 2. The zero-order valence-corrected chi connectivity index (χ0v) is 12.3.